The molecule has 0 saturated carbocycles. The molecule has 0 fully saturated rings. The van der Waals surface area contributed by atoms with Gasteiger partial charge in [-0.3, -0.25) is 4.79 Å². The van der Waals surface area contributed by atoms with E-state index in [0.717, 1.165) is 41.2 Å². The fourth-order valence-electron chi connectivity index (χ4n) is 4.41. The monoisotopic (exact) mass is 388 g/mol. The molecule has 2 aromatic carbocycles. The van der Waals surface area contributed by atoms with Gasteiger partial charge in [0.25, 0.3) is 5.91 Å². The van der Waals surface area contributed by atoms with E-state index in [1.807, 2.05) is 29.2 Å². The second-order valence-electron chi connectivity index (χ2n) is 7.86. The summed E-state index contributed by atoms with van der Waals surface area (Å²) in [5.41, 5.74) is 4.20. The van der Waals surface area contributed by atoms with Crippen LogP contribution >= 0.6 is 0 Å². The van der Waals surface area contributed by atoms with Crippen LogP contribution in [0.4, 0.5) is 0 Å². The summed E-state index contributed by atoms with van der Waals surface area (Å²) in [6.45, 7) is 4.39. The Morgan fingerprint density at radius 3 is 2.79 bits per heavy atom. The number of nitrogens with zero attached hydrogens (tertiary/aromatic N) is 4. The molecule has 5 rings (SSSR count). The number of aryl methyl sites for hydroxylation is 2. The number of benzene rings is 2. The Kier molecular flexibility index (Phi) is 4.64. The Morgan fingerprint density at radius 2 is 1.93 bits per heavy atom. The molecule has 1 aromatic heterocycles. The van der Waals surface area contributed by atoms with Gasteiger partial charge in [-0.15, -0.1) is 10.2 Å². The highest BCUT2D eigenvalue weighted by molar-refractivity contribution is 5.96. The van der Waals surface area contributed by atoms with E-state index in [-0.39, 0.29) is 11.9 Å². The van der Waals surface area contributed by atoms with E-state index >= 15 is 0 Å². The molecule has 148 valence electrons. The molecule has 1 atom stereocenters. The van der Waals surface area contributed by atoms with Gasteiger partial charge < -0.3 is 14.2 Å². The molecule has 6 nitrogen and oxygen atoms in total. The average Bonchev–Trinajstić information content (AvgIpc) is 3.39. The van der Waals surface area contributed by atoms with Gasteiger partial charge in [-0.1, -0.05) is 42.5 Å². The van der Waals surface area contributed by atoms with Crippen LogP contribution in [0, 0.1) is 0 Å². The van der Waals surface area contributed by atoms with Gasteiger partial charge in [0.2, 0.25) is 0 Å². The summed E-state index contributed by atoms with van der Waals surface area (Å²) in [6.07, 6.45) is 1.78. The molecular formula is C23H24N4O2. The summed E-state index contributed by atoms with van der Waals surface area (Å²) in [5, 5.41) is 8.86. The first-order valence-electron chi connectivity index (χ1n) is 10.1. The van der Waals surface area contributed by atoms with Gasteiger partial charge in [0.05, 0.1) is 25.8 Å². The van der Waals surface area contributed by atoms with E-state index in [4.69, 9.17) is 4.74 Å². The van der Waals surface area contributed by atoms with Crippen LogP contribution in [0.25, 0.3) is 0 Å². The SMILES string of the molecule is C[C@H]1CN(C(=O)c2cccc3c2COC3)Cc2nnc(CCc3ccccc3)n21. The van der Waals surface area contributed by atoms with Crippen molar-refractivity contribution in [1.29, 1.82) is 0 Å². The highest BCUT2D eigenvalue weighted by Gasteiger charge is 2.31. The number of ether oxygens (including phenoxy) is 1. The number of fused-ring (bicyclic) bond motifs is 2. The fourth-order valence-corrected chi connectivity index (χ4v) is 4.41. The van der Waals surface area contributed by atoms with E-state index in [2.05, 4.69) is 46.0 Å². The number of aromatic nitrogens is 3. The van der Waals surface area contributed by atoms with E-state index in [0.29, 0.717) is 26.3 Å². The molecule has 0 spiro atoms. The Morgan fingerprint density at radius 1 is 1.07 bits per heavy atom. The van der Waals surface area contributed by atoms with Crippen LogP contribution in [-0.4, -0.2) is 32.1 Å². The van der Waals surface area contributed by atoms with Gasteiger partial charge in [-0.25, -0.2) is 0 Å². The molecule has 0 bridgehead atoms. The summed E-state index contributed by atoms with van der Waals surface area (Å²) in [4.78, 5) is 15.1. The normalized spacial score (nSPS) is 17.8. The van der Waals surface area contributed by atoms with Crippen molar-refractivity contribution in [3.8, 4) is 0 Å². The van der Waals surface area contributed by atoms with E-state index in [1.165, 1.54) is 5.56 Å². The third-order valence-electron chi connectivity index (χ3n) is 5.87. The molecular weight excluding hydrogens is 364 g/mol. The lowest BCUT2D eigenvalue weighted by Gasteiger charge is -2.33. The third-order valence-corrected chi connectivity index (χ3v) is 5.87. The van der Waals surface area contributed by atoms with Crippen molar-refractivity contribution < 1.29 is 9.53 Å². The Hall–Kier alpha value is -2.99. The molecule has 1 amide bonds. The van der Waals surface area contributed by atoms with E-state index in [9.17, 15) is 4.79 Å². The quantitative estimate of drug-likeness (QED) is 0.688. The lowest BCUT2D eigenvalue weighted by Crippen LogP contribution is -2.41. The molecule has 0 saturated heterocycles. The van der Waals surface area contributed by atoms with Crippen molar-refractivity contribution in [3.63, 3.8) is 0 Å². The predicted octanol–water partition coefficient (Wildman–Crippen LogP) is 3.31. The Labute approximate surface area is 170 Å². The average molecular weight is 388 g/mol. The van der Waals surface area contributed by atoms with Gasteiger partial charge in [-0.05, 0) is 36.1 Å². The minimum atomic E-state index is 0.0549. The molecule has 3 heterocycles. The van der Waals surface area contributed by atoms with Crippen LogP contribution in [0.2, 0.25) is 0 Å². The zero-order chi connectivity index (χ0) is 19.8. The predicted molar refractivity (Wildman–Crippen MR) is 108 cm³/mol. The van der Waals surface area contributed by atoms with Crippen molar-refractivity contribution in [3.05, 3.63) is 82.4 Å². The number of hydrogen-bond acceptors (Lipinski definition) is 4. The Bertz CT molecular complexity index is 1040. The smallest absolute Gasteiger partial charge is 0.254 e. The first kappa shape index (κ1) is 18.1. The van der Waals surface area contributed by atoms with Crippen LogP contribution in [0.3, 0.4) is 0 Å². The summed E-state index contributed by atoms with van der Waals surface area (Å²) in [7, 11) is 0. The zero-order valence-electron chi connectivity index (χ0n) is 16.5. The van der Waals surface area contributed by atoms with Crippen LogP contribution in [0.15, 0.2) is 48.5 Å². The van der Waals surface area contributed by atoms with Crippen molar-refractivity contribution in [2.75, 3.05) is 6.54 Å². The maximum absolute atomic E-state index is 13.2. The molecule has 6 heteroatoms. The lowest BCUT2D eigenvalue weighted by atomic mass is 10.0. The highest BCUT2D eigenvalue weighted by Crippen LogP contribution is 2.28. The van der Waals surface area contributed by atoms with Gasteiger partial charge in [0.1, 0.15) is 5.82 Å². The van der Waals surface area contributed by atoms with Crippen LogP contribution in [0.5, 0.6) is 0 Å². The second kappa shape index (κ2) is 7.44. The molecule has 3 aromatic rings. The van der Waals surface area contributed by atoms with Crippen LogP contribution in [0.1, 0.15) is 51.7 Å². The van der Waals surface area contributed by atoms with Gasteiger partial charge in [-0.2, -0.15) is 0 Å². The minimum Gasteiger partial charge on any atom is -0.372 e. The van der Waals surface area contributed by atoms with Gasteiger partial charge in [0.15, 0.2) is 5.82 Å². The number of carbonyl (C=O) groups is 1. The first-order valence-corrected chi connectivity index (χ1v) is 10.1. The van der Waals surface area contributed by atoms with E-state index < -0.39 is 0 Å². The molecule has 0 aliphatic carbocycles. The molecule has 0 unspecified atom stereocenters. The number of carbonyl (C=O) groups excluding carboxylic acids is 1. The molecule has 2 aliphatic rings. The number of hydrogen-bond donors (Lipinski definition) is 0. The maximum Gasteiger partial charge on any atom is 0.254 e. The van der Waals surface area contributed by atoms with Gasteiger partial charge in [0, 0.05) is 18.5 Å². The topological polar surface area (TPSA) is 60.3 Å². The maximum atomic E-state index is 13.2. The van der Waals surface area contributed by atoms with Crippen molar-refractivity contribution in [2.45, 2.75) is 45.6 Å². The number of amides is 1. The standard InChI is InChI=1S/C23H24N4O2/c1-16-12-26(23(28)19-9-5-8-18-14-29-15-20(18)19)13-22-25-24-21(27(16)22)11-10-17-6-3-2-4-7-17/h2-9,16H,10-15H2,1H3/t16-/m0/s1. The van der Waals surface area contributed by atoms with Crippen LogP contribution in [-0.2, 0) is 37.3 Å². The second-order valence-corrected chi connectivity index (χ2v) is 7.86. The molecule has 0 N–H and O–H groups in total. The largest absolute Gasteiger partial charge is 0.372 e. The molecule has 2 aliphatic heterocycles. The van der Waals surface area contributed by atoms with E-state index in [1.54, 1.807) is 0 Å². The minimum absolute atomic E-state index is 0.0549. The first-order chi connectivity index (χ1) is 14.2. The molecule has 29 heavy (non-hydrogen) atoms. The summed E-state index contributed by atoms with van der Waals surface area (Å²) in [5.74, 6) is 1.92. The fraction of sp³-hybridized carbons (Fsp3) is 0.348. The summed E-state index contributed by atoms with van der Waals surface area (Å²) in [6, 6.07) is 16.5. The van der Waals surface area contributed by atoms with Crippen molar-refractivity contribution in [2.24, 2.45) is 0 Å². The van der Waals surface area contributed by atoms with Crippen molar-refractivity contribution >= 4 is 5.91 Å². The van der Waals surface area contributed by atoms with Crippen molar-refractivity contribution in [1.82, 2.24) is 19.7 Å². The highest BCUT2D eigenvalue weighted by atomic mass is 16.5. The van der Waals surface area contributed by atoms with Gasteiger partial charge >= 0.3 is 0 Å². The zero-order valence-corrected chi connectivity index (χ0v) is 16.5. The molecule has 0 radical (unpaired) electrons. The summed E-state index contributed by atoms with van der Waals surface area (Å²) < 4.78 is 7.75. The number of rotatable bonds is 4. The van der Waals surface area contributed by atoms with Crippen LogP contribution < -0.4 is 0 Å². The third kappa shape index (κ3) is 3.34. The Balaban J connectivity index is 1.35. The summed E-state index contributed by atoms with van der Waals surface area (Å²) >= 11 is 0. The lowest BCUT2D eigenvalue weighted by molar-refractivity contribution is 0.0675.